The molecule has 1 heterocycles. The molecule has 1 aliphatic heterocycles. The maximum atomic E-state index is 13.2. The van der Waals surface area contributed by atoms with Crippen molar-refractivity contribution < 1.29 is 14.4 Å². The molecule has 0 radical (unpaired) electrons. The number of benzene rings is 2. The highest BCUT2D eigenvalue weighted by Crippen LogP contribution is 2.56. The minimum absolute atomic E-state index is 0.147. The number of anilines is 2. The van der Waals surface area contributed by atoms with E-state index in [2.05, 4.69) is 5.32 Å². The number of fused-ring (bicyclic) bond motifs is 5. The van der Waals surface area contributed by atoms with Crippen molar-refractivity contribution >= 4 is 40.7 Å². The number of nitrogens with one attached hydrogen (secondary N) is 1. The van der Waals surface area contributed by atoms with Crippen LogP contribution in [0.25, 0.3) is 0 Å². The first kappa shape index (κ1) is 18.4. The zero-order valence-corrected chi connectivity index (χ0v) is 16.8. The van der Waals surface area contributed by atoms with Crippen molar-refractivity contribution in [3.63, 3.8) is 0 Å². The molecule has 1 saturated heterocycles. The van der Waals surface area contributed by atoms with Gasteiger partial charge in [-0.25, -0.2) is 4.90 Å². The third-order valence-electron chi connectivity index (χ3n) is 6.83. The first-order chi connectivity index (χ1) is 14.0. The summed E-state index contributed by atoms with van der Waals surface area (Å²) in [7, 11) is 0. The predicted octanol–water partition coefficient (Wildman–Crippen LogP) is 4.44. The van der Waals surface area contributed by atoms with Crippen LogP contribution in [0.15, 0.2) is 42.5 Å². The van der Waals surface area contributed by atoms with Crippen molar-refractivity contribution in [3.05, 3.63) is 58.6 Å². The van der Waals surface area contributed by atoms with Gasteiger partial charge in [0.1, 0.15) is 0 Å². The standard InChI is InChI=1S/C23H21ClN2O3/c1-12-16(24)6-4-7-17(12)25-21(27)15-5-2-3-8-18(15)26-22(28)19-13-9-10-14(11-13)20(19)23(26)29/h2-8,13-14,19-20H,9-11H2,1H3,(H,25,27)/t13-,14-,19-,20+/m0/s1. The van der Waals surface area contributed by atoms with Gasteiger partial charge in [0, 0.05) is 10.7 Å². The Labute approximate surface area is 174 Å². The minimum atomic E-state index is -0.369. The fourth-order valence-corrected chi connectivity index (χ4v) is 5.61. The van der Waals surface area contributed by atoms with Crippen molar-refractivity contribution in [1.82, 2.24) is 0 Å². The SMILES string of the molecule is Cc1c(Cl)cccc1NC(=O)c1ccccc1N1C(=O)[C@@H]2[C@H]3CC[C@@H](C3)[C@@H]2C1=O. The topological polar surface area (TPSA) is 66.5 Å². The maximum Gasteiger partial charge on any atom is 0.257 e. The number of imide groups is 1. The summed E-state index contributed by atoms with van der Waals surface area (Å²) in [5.41, 5.74) is 2.04. The number of nitrogens with zero attached hydrogens (tertiary/aromatic N) is 1. The number of hydrogen-bond donors (Lipinski definition) is 1. The van der Waals surface area contributed by atoms with Crippen LogP contribution in [0.1, 0.15) is 35.2 Å². The van der Waals surface area contributed by atoms with Crippen molar-refractivity contribution in [2.45, 2.75) is 26.2 Å². The number of hydrogen-bond acceptors (Lipinski definition) is 3. The van der Waals surface area contributed by atoms with Gasteiger partial charge in [0.25, 0.3) is 5.91 Å². The van der Waals surface area contributed by atoms with Gasteiger partial charge in [-0.15, -0.1) is 0 Å². The van der Waals surface area contributed by atoms with Gasteiger partial charge in [0.05, 0.1) is 23.1 Å². The summed E-state index contributed by atoms with van der Waals surface area (Å²) in [4.78, 5) is 40.7. The van der Waals surface area contributed by atoms with E-state index in [0.717, 1.165) is 24.8 Å². The predicted molar refractivity (Wildman–Crippen MR) is 111 cm³/mol. The maximum absolute atomic E-state index is 13.2. The van der Waals surface area contributed by atoms with Gasteiger partial charge in [0.15, 0.2) is 0 Å². The van der Waals surface area contributed by atoms with Crippen LogP contribution in [-0.2, 0) is 9.59 Å². The van der Waals surface area contributed by atoms with Crippen molar-refractivity contribution in [1.29, 1.82) is 0 Å². The molecule has 3 fully saturated rings. The van der Waals surface area contributed by atoms with Crippen molar-refractivity contribution in [3.8, 4) is 0 Å². The molecule has 0 spiro atoms. The first-order valence-electron chi connectivity index (χ1n) is 10.0. The van der Waals surface area contributed by atoms with E-state index in [-0.39, 0.29) is 29.6 Å². The second kappa shape index (κ2) is 6.70. The first-order valence-corrected chi connectivity index (χ1v) is 10.4. The van der Waals surface area contributed by atoms with Crippen molar-refractivity contribution in [2.75, 3.05) is 10.2 Å². The molecule has 0 aromatic heterocycles. The van der Waals surface area contributed by atoms with Gasteiger partial charge in [-0.3, -0.25) is 14.4 Å². The Morgan fingerprint density at radius 1 is 1.00 bits per heavy atom. The summed E-state index contributed by atoms with van der Waals surface area (Å²) < 4.78 is 0. The normalized spacial score (nSPS) is 27.4. The third-order valence-corrected chi connectivity index (χ3v) is 7.24. The summed E-state index contributed by atoms with van der Waals surface area (Å²) >= 11 is 6.16. The molecule has 5 nitrogen and oxygen atoms in total. The Morgan fingerprint density at radius 3 is 2.34 bits per heavy atom. The van der Waals surface area contributed by atoms with E-state index in [1.165, 1.54) is 4.90 Å². The quantitative estimate of drug-likeness (QED) is 0.763. The Kier molecular flexibility index (Phi) is 4.24. The number of halogens is 1. The van der Waals surface area contributed by atoms with Crippen LogP contribution in [0, 0.1) is 30.6 Å². The van der Waals surface area contributed by atoms with E-state index >= 15 is 0 Å². The van der Waals surface area contributed by atoms with Crippen LogP contribution in [0.3, 0.4) is 0 Å². The van der Waals surface area contributed by atoms with Crippen LogP contribution in [0.4, 0.5) is 11.4 Å². The van der Waals surface area contributed by atoms with E-state index in [9.17, 15) is 14.4 Å². The van der Waals surface area contributed by atoms with Crippen LogP contribution >= 0.6 is 11.6 Å². The molecule has 3 amide bonds. The summed E-state index contributed by atoms with van der Waals surface area (Å²) in [6.45, 7) is 1.83. The Hall–Kier alpha value is -2.66. The number of carbonyl (C=O) groups excluding carboxylic acids is 3. The van der Waals surface area contributed by atoms with Gasteiger partial charge in [-0.1, -0.05) is 29.8 Å². The molecule has 29 heavy (non-hydrogen) atoms. The van der Waals surface area contributed by atoms with E-state index in [0.29, 0.717) is 33.8 Å². The molecule has 2 bridgehead atoms. The lowest BCUT2D eigenvalue weighted by Gasteiger charge is -2.20. The Bertz CT molecular complexity index is 1020. The minimum Gasteiger partial charge on any atom is -0.322 e. The van der Waals surface area contributed by atoms with E-state index in [1.807, 2.05) is 6.92 Å². The fourth-order valence-electron chi connectivity index (χ4n) is 5.44. The molecule has 2 aromatic carbocycles. The van der Waals surface area contributed by atoms with Crippen LogP contribution in [0.5, 0.6) is 0 Å². The lowest BCUT2D eigenvalue weighted by atomic mass is 9.81. The summed E-state index contributed by atoms with van der Waals surface area (Å²) in [5.74, 6) is -0.479. The largest absolute Gasteiger partial charge is 0.322 e. The number of carbonyl (C=O) groups is 3. The second-order valence-electron chi connectivity index (χ2n) is 8.28. The molecular formula is C23H21ClN2O3. The lowest BCUT2D eigenvalue weighted by molar-refractivity contribution is -0.123. The average Bonchev–Trinajstić information content (AvgIpc) is 3.39. The second-order valence-corrected chi connectivity index (χ2v) is 8.69. The van der Waals surface area contributed by atoms with Crippen LogP contribution in [0.2, 0.25) is 5.02 Å². The number of amides is 3. The molecule has 3 aliphatic rings. The Morgan fingerprint density at radius 2 is 1.66 bits per heavy atom. The molecule has 2 aromatic rings. The monoisotopic (exact) mass is 408 g/mol. The molecular weight excluding hydrogens is 388 g/mol. The van der Waals surface area contributed by atoms with Gasteiger partial charge >= 0.3 is 0 Å². The molecule has 2 aliphatic carbocycles. The highest BCUT2D eigenvalue weighted by molar-refractivity contribution is 6.32. The summed E-state index contributed by atoms with van der Waals surface area (Å²) in [6, 6.07) is 12.1. The average molecular weight is 409 g/mol. The smallest absolute Gasteiger partial charge is 0.257 e. The van der Waals surface area contributed by atoms with Gasteiger partial charge < -0.3 is 5.32 Å². The molecule has 4 atom stereocenters. The van der Waals surface area contributed by atoms with E-state index in [4.69, 9.17) is 11.6 Å². The molecule has 6 heteroatoms. The van der Waals surface area contributed by atoms with Gasteiger partial charge in [-0.05, 0) is 67.9 Å². The highest BCUT2D eigenvalue weighted by atomic mass is 35.5. The number of para-hydroxylation sites is 1. The molecule has 148 valence electrons. The summed E-state index contributed by atoms with van der Waals surface area (Å²) in [5, 5.41) is 3.43. The van der Waals surface area contributed by atoms with Crippen LogP contribution < -0.4 is 10.2 Å². The molecule has 5 rings (SSSR count). The van der Waals surface area contributed by atoms with Crippen LogP contribution in [-0.4, -0.2) is 17.7 Å². The lowest BCUT2D eigenvalue weighted by Crippen LogP contribution is -2.34. The molecule has 0 unspecified atom stereocenters. The Balaban J connectivity index is 1.49. The zero-order chi connectivity index (χ0) is 20.3. The fraction of sp³-hybridized carbons (Fsp3) is 0.348. The van der Waals surface area contributed by atoms with E-state index in [1.54, 1.807) is 42.5 Å². The molecule has 2 saturated carbocycles. The third kappa shape index (κ3) is 2.71. The zero-order valence-electron chi connectivity index (χ0n) is 16.0. The highest BCUT2D eigenvalue weighted by Gasteiger charge is 2.61. The van der Waals surface area contributed by atoms with E-state index < -0.39 is 0 Å². The molecule has 1 N–H and O–H groups in total. The van der Waals surface area contributed by atoms with Gasteiger partial charge in [0.2, 0.25) is 11.8 Å². The summed E-state index contributed by atoms with van der Waals surface area (Å²) in [6.07, 6.45) is 3.03. The van der Waals surface area contributed by atoms with Crippen molar-refractivity contribution in [2.24, 2.45) is 23.7 Å². The number of rotatable bonds is 3. The van der Waals surface area contributed by atoms with Gasteiger partial charge in [-0.2, -0.15) is 0 Å².